The van der Waals surface area contributed by atoms with Gasteiger partial charge in [-0.2, -0.15) is 0 Å². The number of methoxy groups -OCH3 is 1. The molecule has 0 spiro atoms. The zero-order valence-electron chi connectivity index (χ0n) is 22.2. The van der Waals surface area contributed by atoms with Crippen LogP contribution in [0.5, 0.6) is 5.75 Å². The maximum Gasteiger partial charge on any atom is 0.252 e. The molecule has 1 N–H and O–H groups in total. The average Bonchev–Trinajstić information content (AvgIpc) is 3.30. The Morgan fingerprint density at radius 1 is 1.08 bits per heavy atom. The van der Waals surface area contributed by atoms with Crippen LogP contribution in [0.15, 0.2) is 53.3 Å². The van der Waals surface area contributed by atoms with Crippen LogP contribution in [0.3, 0.4) is 0 Å². The number of tetrazole rings is 1. The summed E-state index contributed by atoms with van der Waals surface area (Å²) in [6, 6.07) is 16.0. The minimum absolute atomic E-state index is 0.0746. The lowest BCUT2D eigenvalue weighted by Gasteiger charge is -2.35. The molecule has 8 nitrogen and oxygen atoms in total. The zero-order chi connectivity index (χ0) is 26.0. The van der Waals surface area contributed by atoms with E-state index >= 15 is 0 Å². The van der Waals surface area contributed by atoms with Crippen molar-refractivity contribution in [2.24, 2.45) is 5.92 Å². The number of hydrogen-bond donors (Lipinski definition) is 1. The molecule has 2 heterocycles. The van der Waals surface area contributed by atoms with E-state index in [9.17, 15) is 4.79 Å². The first-order chi connectivity index (χ1) is 17.1. The third-order valence-electron chi connectivity index (χ3n) is 6.50. The number of aryl methyl sites for hydroxylation is 1. The van der Waals surface area contributed by atoms with E-state index in [1.54, 1.807) is 7.11 Å². The van der Waals surface area contributed by atoms with Gasteiger partial charge >= 0.3 is 0 Å². The van der Waals surface area contributed by atoms with Gasteiger partial charge in [-0.05, 0) is 78.8 Å². The highest BCUT2D eigenvalue weighted by Crippen LogP contribution is 2.32. The number of aromatic nitrogens is 5. The van der Waals surface area contributed by atoms with Crippen LogP contribution in [-0.4, -0.2) is 37.2 Å². The molecule has 36 heavy (non-hydrogen) atoms. The fourth-order valence-electron chi connectivity index (χ4n) is 4.72. The summed E-state index contributed by atoms with van der Waals surface area (Å²) in [5.74, 6) is 1.79. The third kappa shape index (κ3) is 5.33. The predicted octanol–water partition coefficient (Wildman–Crippen LogP) is 4.99. The first-order valence-corrected chi connectivity index (χ1v) is 12.4. The fourth-order valence-corrected chi connectivity index (χ4v) is 4.72. The van der Waals surface area contributed by atoms with Crippen LogP contribution in [0.1, 0.15) is 63.2 Å². The molecule has 0 saturated heterocycles. The largest absolute Gasteiger partial charge is 0.497 e. The number of aromatic amines is 1. The number of H-pyrrole nitrogens is 1. The number of hydrogen-bond acceptors (Lipinski definition) is 6. The van der Waals surface area contributed by atoms with E-state index in [-0.39, 0.29) is 23.1 Å². The van der Waals surface area contributed by atoms with Crippen molar-refractivity contribution < 1.29 is 4.74 Å². The number of ether oxygens (including phenoxy) is 1. The lowest BCUT2D eigenvalue weighted by Crippen LogP contribution is -2.37. The summed E-state index contributed by atoms with van der Waals surface area (Å²) in [5.41, 5.74) is 3.40. The SMILES string of the molecule is COc1ccc(CN(Cc2cc3cccc(C)c3[nH]c2=O)[C@@H](c2nnnn2C(C)(C)C)C(C)C)cc1. The monoisotopic (exact) mass is 488 g/mol. The van der Waals surface area contributed by atoms with Gasteiger partial charge in [-0.25, -0.2) is 4.68 Å². The van der Waals surface area contributed by atoms with Gasteiger partial charge in [0.15, 0.2) is 5.82 Å². The van der Waals surface area contributed by atoms with Gasteiger partial charge in [0.25, 0.3) is 5.56 Å². The summed E-state index contributed by atoms with van der Waals surface area (Å²) in [7, 11) is 1.66. The van der Waals surface area contributed by atoms with Crippen molar-refractivity contribution in [1.29, 1.82) is 0 Å². The number of rotatable bonds is 8. The standard InChI is InChI=1S/C28H36N6O2/c1-18(2)25(26-30-31-32-34(26)28(4,5)6)33(16-20-11-13-23(36-7)14-12-20)17-22-15-21-10-8-9-19(3)24(21)29-27(22)35/h8-15,18,25H,16-17H2,1-7H3,(H,29,35)/t25-/m1/s1. The zero-order valence-corrected chi connectivity index (χ0v) is 22.2. The van der Waals surface area contributed by atoms with Gasteiger partial charge in [0.2, 0.25) is 0 Å². The molecule has 0 aliphatic carbocycles. The second-order valence-electron chi connectivity index (χ2n) is 10.7. The van der Waals surface area contributed by atoms with E-state index in [0.717, 1.165) is 33.6 Å². The van der Waals surface area contributed by atoms with Crippen LogP contribution in [0.2, 0.25) is 0 Å². The highest BCUT2D eigenvalue weighted by Gasteiger charge is 2.33. The minimum Gasteiger partial charge on any atom is -0.497 e. The van der Waals surface area contributed by atoms with Crippen molar-refractivity contribution >= 4 is 10.9 Å². The Morgan fingerprint density at radius 2 is 1.81 bits per heavy atom. The molecular formula is C28H36N6O2. The minimum atomic E-state index is -0.282. The molecule has 0 fully saturated rings. The van der Waals surface area contributed by atoms with E-state index in [1.165, 1.54) is 0 Å². The topological polar surface area (TPSA) is 88.9 Å². The Labute approximate surface area is 212 Å². The molecule has 2 aromatic carbocycles. The Bertz CT molecular complexity index is 1380. The molecule has 190 valence electrons. The lowest BCUT2D eigenvalue weighted by atomic mass is 9.98. The Hall–Kier alpha value is -3.52. The number of para-hydroxylation sites is 1. The summed E-state index contributed by atoms with van der Waals surface area (Å²) in [6.07, 6.45) is 0. The second kappa shape index (κ2) is 10.2. The first-order valence-electron chi connectivity index (χ1n) is 12.4. The Kier molecular flexibility index (Phi) is 7.26. The maximum absolute atomic E-state index is 13.2. The quantitative estimate of drug-likeness (QED) is 0.376. The molecule has 0 amide bonds. The Balaban J connectivity index is 1.80. The molecule has 2 aromatic heterocycles. The molecule has 4 rings (SSSR count). The van der Waals surface area contributed by atoms with E-state index in [2.05, 4.69) is 72.2 Å². The van der Waals surface area contributed by atoms with E-state index in [1.807, 2.05) is 48.0 Å². The van der Waals surface area contributed by atoms with Crippen molar-refractivity contribution in [2.75, 3.05) is 7.11 Å². The van der Waals surface area contributed by atoms with Crippen LogP contribution in [0.25, 0.3) is 10.9 Å². The predicted molar refractivity (Wildman–Crippen MR) is 142 cm³/mol. The molecule has 0 unspecified atom stereocenters. The van der Waals surface area contributed by atoms with Gasteiger partial charge < -0.3 is 9.72 Å². The highest BCUT2D eigenvalue weighted by atomic mass is 16.5. The first kappa shape index (κ1) is 25.6. The van der Waals surface area contributed by atoms with Gasteiger partial charge in [0.1, 0.15) is 5.75 Å². The van der Waals surface area contributed by atoms with Gasteiger partial charge in [-0.15, -0.1) is 5.10 Å². The van der Waals surface area contributed by atoms with Crippen molar-refractivity contribution in [3.63, 3.8) is 0 Å². The highest BCUT2D eigenvalue weighted by molar-refractivity contribution is 5.81. The number of fused-ring (bicyclic) bond motifs is 1. The lowest BCUT2D eigenvalue weighted by molar-refractivity contribution is 0.119. The van der Waals surface area contributed by atoms with Crippen LogP contribution in [0.4, 0.5) is 0 Å². The van der Waals surface area contributed by atoms with Crippen molar-refractivity contribution in [3.8, 4) is 5.75 Å². The van der Waals surface area contributed by atoms with Crippen molar-refractivity contribution in [1.82, 2.24) is 30.1 Å². The van der Waals surface area contributed by atoms with Crippen LogP contribution < -0.4 is 10.3 Å². The van der Waals surface area contributed by atoms with Crippen LogP contribution >= 0.6 is 0 Å². The van der Waals surface area contributed by atoms with E-state index in [4.69, 9.17) is 4.74 Å². The number of benzene rings is 2. The summed E-state index contributed by atoms with van der Waals surface area (Å²) in [6.45, 7) is 13.7. The average molecular weight is 489 g/mol. The number of nitrogens with zero attached hydrogens (tertiary/aromatic N) is 5. The van der Waals surface area contributed by atoms with Gasteiger partial charge in [-0.1, -0.05) is 44.2 Å². The van der Waals surface area contributed by atoms with Gasteiger partial charge in [-0.3, -0.25) is 9.69 Å². The van der Waals surface area contributed by atoms with E-state index in [0.29, 0.717) is 18.7 Å². The summed E-state index contributed by atoms with van der Waals surface area (Å²) in [4.78, 5) is 18.6. The Morgan fingerprint density at radius 3 is 2.44 bits per heavy atom. The number of nitrogens with one attached hydrogen (secondary N) is 1. The van der Waals surface area contributed by atoms with Crippen molar-refractivity contribution in [2.45, 2.75) is 66.2 Å². The molecule has 0 saturated carbocycles. The third-order valence-corrected chi connectivity index (χ3v) is 6.50. The molecular weight excluding hydrogens is 452 g/mol. The van der Waals surface area contributed by atoms with E-state index < -0.39 is 0 Å². The summed E-state index contributed by atoms with van der Waals surface area (Å²) >= 11 is 0. The second-order valence-corrected chi connectivity index (χ2v) is 10.7. The summed E-state index contributed by atoms with van der Waals surface area (Å²) < 4.78 is 7.24. The fraction of sp³-hybridized carbons (Fsp3) is 0.429. The summed E-state index contributed by atoms with van der Waals surface area (Å²) in [5, 5.41) is 13.9. The van der Waals surface area contributed by atoms with Crippen LogP contribution in [-0.2, 0) is 18.6 Å². The molecule has 0 aliphatic rings. The number of pyridine rings is 1. The molecule has 0 aliphatic heterocycles. The molecule has 4 aromatic rings. The van der Waals surface area contributed by atoms with Gasteiger partial charge in [0, 0.05) is 18.7 Å². The van der Waals surface area contributed by atoms with Crippen molar-refractivity contribution in [3.05, 3.63) is 81.4 Å². The van der Waals surface area contributed by atoms with Crippen LogP contribution in [0, 0.1) is 12.8 Å². The normalized spacial score (nSPS) is 13.0. The maximum atomic E-state index is 13.2. The molecule has 0 radical (unpaired) electrons. The molecule has 1 atom stereocenters. The van der Waals surface area contributed by atoms with Gasteiger partial charge in [0.05, 0.1) is 24.2 Å². The molecule has 0 bridgehead atoms. The smallest absolute Gasteiger partial charge is 0.252 e. The molecule has 8 heteroatoms.